The molecule has 2 amide bonds. The second kappa shape index (κ2) is 9.46. The first-order chi connectivity index (χ1) is 15.9. The standard InChI is InChI=1S/C21H19N3O8S/c1-30-20(26)17-5-3-15(32-17)12-23-19(25)18(33-21(23)27)11-13-10-14(24(28)29)2-4-16(13)22-6-8-31-9-7-22/h2-5,10-11H,6-9,12H2,1H3. The number of non-ortho nitro benzene ring substituents is 1. The van der Waals surface area contributed by atoms with Crippen LogP contribution in [0.15, 0.2) is 39.7 Å². The summed E-state index contributed by atoms with van der Waals surface area (Å²) in [5.74, 6) is -1.03. The number of ether oxygens (including phenoxy) is 2. The van der Waals surface area contributed by atoms with Crippen LogP contribution in [-0.2, 0) is 20.8 Å². The van der Waals surface area contributed by atoms with Crippen LogP contribution in [-0.4, -0.2) is 60.4 Å². The van der Waals surface area contributed by atoms with Gasteiger partial charge in [-0.1, -0.05) is 0 Å². The van der Waals surface area contributed by atoms with E-state index < -0.39 is 22.0 Å². The van der Waals surface area contributed by atoms with E-state index in [9.17, 15) is 24.5 Å². The molecule has 1 aromatic heterocycles. The smallest absolute Gasteiger partial charge is 0.373 e. The summed E-state index contributed by atoms with van der Waals surface area (Å²) in [7, 11) is 1.21. The molecular formula is C21H19N3O8S. The van der Waals surface area contributed by atoms with E-state index in [2.05, 4.69) is 4.74 Å². The summed E-state index contributed by atoms with van der Waals surface area (Å²) in [6, 6.07) is 7.30. The Kier molecular flexibility index (Phi) is 6.47. The maximum absolute atomic E-state index is 12.9. The van der Waals surface area contributed by atoms with Crippen molar-refractivity contribution in [2.24, 2.45) is 0 Å². The summed E-state index contributed by atoms with van der Waals surface area (Å²) in [6.07, 6.45) is 1.49. The molecule has 0 atom stereocenters. The number of furan rings is 1. The summed E-state index contributed by atoms with van der Waals surface area (Å²) >= 11 is 0.735. The van der Waals surface area contributed by atoms with Crippen molar-refractivity contribution in [3.8, 4) is 0 Å². The number of thioether (sulfide) groups is 1. The van der Waals surface area contributed by atoms with Crippen LogP contribution in [0.3, 0.4) is 0 Å². The van der Waals surface area contributed by atoms with Crippen molar-refractivity contribution in [3.63, 3.8) is 0 Å². The van der Waals surface area contributed by atoms with Crippen molar-refractivity contribution in [2.45, 2.75) is 6.54 Å². The fourth-order valence-electron chi connectivity index (χ4n) is 3.47. The summed E-state index contributed by atoms with van der Waals surface area (Å²) in [4.78, 5) is 50.9. The van der Waals surface area contributed by atoms with Gasteiger partial charge in [0.25, 0.3) is 16.8 Å². The molecule has 33 heavy (non-hydrogen) atoms. The predicted molar refractivity (Wildman–Crippen MR) is 118 cm³/mol. The molecule has 0 radical (unpaired) electrons. The maximum atomic E-state index is 12.9. The van der Waals surface area contributed by atoms with E-state index >= 15 is 0 Å². The molecular weight excluding hydrogens is 454 g/mol. The molecule has 0 bridgehead atoms. The molecule has 0 unspecified atom stereocenters. The number of hydrogen-bond donors (Lipinski definition) is 0. The van der Waals surface area contributed by atoms with E-state index in [1.165, 1.54) is 37.5 Å². The summed E-state index contributed by atoms with van der Waals surface area (Å²) in [5, 5.41) is 10.8. The van der Waals surface area contributed by atoms with Gasteiger partial charge < -0.3 is 18.8 Å². The number of benzene rings is 1. The van der Waals surface area contributed by atoms with Crippen LogP contribution in [0.5, 0.6) is 0 Å². The lowest BCUT2D eigenvalue weighted by molar-refractivity contribution is -0.384. The molecule has 3 heterocycles. The van der Waals surface area contributed by atoms with Gasteiger partial charge in [0.05, 0.1) is 36.7 Å². The van der Waals surface area contributed by atoms with Crippen molar-refractivity contribution in [1.29, 1.82) is 0 Å². The van der Waals surface area contributed by atoms with E-state index in [0.29, 0.717) is 37.6 Å². The zero-order valence-corrected chi connectivity index (χ0v) is 18.3. The maximum Gasteiger partial charge on any atom is 0.373 e. The van der Waals surface area contributed by atoms with Crippen molar-refractivity contribution >= 4 is 46.3 Å². The zero-order valence-electron chi connectivity index (χ0n) is 17.5. The third kappa shape index (κ3) is 4.76. The van der Waals surface area contributed by atoms with Crippen LogP contribution >= 0.6 is 11.8 Å². The Bertz CT molecular complexity index is 1150. The lowest BCUT2D eigenvalue weighted by Gasteiger charge is -2.30. The average molecular weight is 473 g/mol. The number of amides is 2. The summed E-state index contributed by atoms with van der Waals surface area (Å²) in [5.41, 5.74) is 1.05. The minimum absolute atomic E-state index is 0.0400. The number of carbonyl (C=O) groups is 3. The first kappa shape index (κ1) is 22.6. The second-order valence-electron chi connectivity index (χ2n) is 7.13. The average Bonchev–Trinajstić information content (AvgIpc) is 3.39. The van der Waals surface area contributed by atoms with Gasteiger partial charge in [-0.2, -0.15) is 0 Å². The SMILES string of the molecule is COC(=O)c1ccc(CN2C(=O)SC(=Cc3cc([N+](=O)[O-])ccc3N3CCOCC3)C2=O)o1. The van der Waals surface area contributed by atoms with Crippen molar-refractivity contribution in [1.82, 2.24) is 4.90 Å². The number of rotatable bonds is 6. The fourth-order valence-corrected chi connectivity index (χ4v) is 4.30. The number of anilines is 1. The van der Waals surface area contributed by atoms with Gasteiger partial charge in [0, 0.05) is 36.5 Å². The Hall–Kier alpha value is -3.64. The van der Waals surface area contributed by atoms with Crippen LogP contribution in [0.2, 0.25) is 0 Å². The normalized spacial score (nSPS) is 17.7. The van der Waals surface area contributed by atoms with E-state index in [4.69, 9.17) is 9.15 Å². The molecule has 2 aliphatic heterocycles. The Balaban J connectivity index is 1.61. The molecule has 0 spiro atoms. The molecule has 2 fully saturated rings. The predicted octanol–water partition coefficient (Wildman–Crippen LogP) is 3.05. The molecule has 2 saturated heterocycles. The van der Waals surface area contributed by atoms with E-state index in [1.807, 2.05) is 4.90 Å². The highest BCUT2D eigenvalue weighted by Gasteiger charge is 2.36. The first-order valence-electron chi connectivity index (χ1n) is 9.91. The van der Waals surface area contributed by atoms with Crippen LogP contribution in [0.1, 0.15) is 21.9 Å². The molecule has 0 saturated carbocycles. The third-order valence-electron chi connectivity index (χ3n) is 5.10. The van der Waals surface area contributed by atoms with E-state index in [-0.39, 0.29) is 28.7 Å². The number of hydrogen-bond acceptors (Lipinski definition) is 10. The van der Waals surface area contributed by atoms with Gasteiger partial charge in [0.2, 0.25) is 5.76 Å². The van der Waals surface area contributed by atoms with E-state index in [1.54, 1.807) is 6.07 Å². The lowest BCUT2D eigenvalue weighted by Crippen LogP contribution is -2.36. The number of imide groups is 1. The molecule has 2 aliphatic rings. The Morgan fingerprint density at radius 3 is 2.70 bits per heavy atom. The van der Waals surface area contributed by atoms with Gasteiger partial charge >= 0.3 is 5.97 Å². The molecule has 172 valence electrons. The minimum atomic E-state index is -0.670. The Morgan fingerprint density at radius 2 is 2.00 bits per heavy atom. The Labute approximate surface area is 192 Å². The summed E-state index contributed by atoms with van der Waals surface area (Å²) in [6.45, 7) is 2.07. The fraction of sp³-hybridized carbons (Fsp3) is 0.286. The van der Waals surface area contributed by atoms with Gasteiger partial charge in [-0.25, -0.2) is 4.79 Å². The van der Waals surface area contributed by atoms with Crippen LogP contribution < -0.4 is 4.90 Å². The van der Waals surface area contributed by atoms with Crippen molar-refractivity contribution < 1.29 is 33.2 Å². The van der Waals surface area contributed by atoms with Gasteiger partial charge in [0.1, 0.15) is 5.76 Å². The van der Waals surface area contributed by atoms with Gasteiger partial charge in [-0.05, 0) is 36.0 Å². The first-order valence-corrected chi connectivity index (χ1v) is 10.7. The largest absolute Gasteiger partial charge is 0.463 e. The number of nitrogens with zero attached hydrogens (tertiary/aromatic N) is 3. The molecule has 12 heteroatoms. The molecule has 11 nitrogen and oxygen atoms in total. The minimum Gasteiger partial charge on any atom is -0.463 e. The number of methoxy groups -OCH3 is 1. The topological polar surface area (TPSA) is 132 Å². The van der Waals surface area contributed by atoms with Gasteiger partial charge in [0.15, 0.2) is 0 Å². The highest BCUT2D eigenvalue weighted by atomic mass is 32.2. The molecule has 1 aromatic carbocycles. The molecule has 4 rings (SSSR count). The molecule has 2 aromatic rings. The van der Waals surface area contributed by atoms with Crippen LogP contribution in [0.25, 0.3) is 6.08 Å². The van der Waals surface area contributed by atoms with Gasteiger partial charge in [-0.3, -0.25) is 24.6 Å². The number of carbonyl (C=O) groups excluding carboxylic acids is 3. The zero-order chi connectivity index (χ0) is 23.5. The molecule has 0 N–H and O–H groups in total. The Morgan fingerprint density at radius 1 is 1.24 bits per heavy atom. The highest BCUT2D eigenvalue weighted by molar-refractivity contribution is 8.18. The lowest BCUT2D eigenvalue weighted by atomic mass is 10.1. The number of esters is 1. The highest BCUT2D eigenvalue weighted by Crippen LogP contribution is 2.36. The third-order valence-corrected chi connectivity index (χ3v) is 6.00. The number of morpholine rings is 1. The second-order valence-corrected chi connectivity index (χ2v) is 8.12. The quantitative estimate of drug-likeness (QED) is 0.267. The van der Waals surface area contributed by atoms with Gasteiger partial charge in [-0.15, -0.1) is 0 Å². The number of nitro groups is 1. The van der Waals surface area contributed by atoms with Crippen LogP contribution in [0.4, 0.5) is 16.2 Å². The number of nitro benzene ring substituents is 1. The van der Waals surface area contributed by atoms with Crippen LogP contribution in [0, 0.1) is 10.1 Å². The summed E-state index contributed by atoms with van der Waals surface area (Å²) < 4.78 is 15.3. The monoisotopic (exact) mass is 473 g/mol. The molecule has 0 aliphatic carbocycles. The van der Waals surface area contributed by atoms with E-state index in [0.717, 1.165) is 16.7 Å². The van der Waals surface area contributed by atoms with Crippen molar-refractivity contribution in [2.75, 3.05) is 38.3 Å². The van der Waals surface area contributed by atoms with Crippen molar-refractivity contribution in [3.05, 3.63) is 62.4 Å².